The van der Waals surface area contributed by atoms with Gasteiger partial charge in [0.15, 0.2) is 0 Å². The van der Waals surface area contributed by atoms with Crippen LogP contribution < -0.4 is 4.74 Å². The molecule has 1 heterocycles. The fraction of sp³-hybridized carbons (Fsp3) is 0.464. The van der Waals surface area contributed by atoms with Gasteiger partial charge in [0.25, 0.3) is 0 Å². The second kappa shape index (κ2) is 10.1. The third-order valence-corrected chi connectivity index (χ3v) is 5.17. The lowest BCUT2D eigenvalue weighted by atomic mass is 9.89. The van der Waals surface area contributed by atoms with E-state index in [2.05, 4.69) is 5.16 Å². The van der Waals surface area contributed by atoms with Crippen LogP contribution in [0, 0.1) is 6.92 Å². The van der Waals surface area contributed by atoms with Crippen LogP contribution in [0.1, 0.15) is 71.1 Å². The summed E-state index contributed by atoms with van der Waals surface area (Å²) >= 11 is 0. The van der Waals surface area contributed by atoms with Crippen molar-refractivity contribution in [3.05, 3.63) is 65.2 Å². The molecule has 0 aromatic heterocycles. The van der Waals surface area contributed by atoms with E-state index in [9.17, 15) is 9.59 Å². The molecule has 7 nitrogen and oxygen atoms in total. The second-order valence-corrected chi connectivity index (χ2v) is 10.8. The van der Waals surface area contributed by atoms with Gasteiger partial charge in [0.1, 0.15) is 23.6 Å². The monoisotopic (exact) mass is 481 g/mol. The van der Waals surface area contributed by atoms with Gasteiger partial charge in [-0.15, -0.1) is 0 Å². The third kappa shape index (κ3) is 7.31. The number of oxime groups is 1. The number of hydrogen-bond acceptors (Lipinski definition) is 7. The highest BCUT2D eigenvalue weighted by atomic mass is 16.7. The van der Waals surface area contributed by atoms with Crippen molar-refractivity contribution in [1.82, 2.24) is 0 Å². The summed E-state index contributed by atoms with van der Waals surface area (Å²) in [6.07, 6.45) is -0.237. The first-order valence-corrected chi connectivity index (χ1v) is 11.7. The van der Waals surface area contributed by atoms with Gasteiger partial charge >= 0.3 is 11.9 Å². The molecule has 1 atom stereocenters. The number of hydrogen-bond donors (Lipinski definition) is 0. The Labute approximate surface area is 207 Å². The first-order chi connectivity index (χ1) is 16.3. The zero-order valence-electron chi connectivity index (χ0n) is 21.6. The van der Waals surface area contributed by atoms with E-state index in [0.29, 0.717) is 18.1 Å². The third-order valence-electron chi connectivity index (χ3n) is 5.17. The molecule has 1 unspecified atom stereocenters. The summed E-state index contributed by atoms with van der Waals surface area (Å²) in [6.45, 7) is 13.0. The maximum atomic E-state index is 13.2. The van der Waals surface area contributed by atoms with Crippen LogP contribution in [0.15, 0.2) is 53.7 Å². The van der Waals surface area contributed by atoms with Gasteiger partial charge in [-0.25, -0.2) is 4.79 Å². The molecule has 0 amide bonds. The van der Waals surface area contributed by atoms with Crippen LogP contribution in [0.3, 0.4) is 0 Å². The van der Waals surface area contributed by atoms with Crippen LogP contribution in [-0.4, -0.2) is 34.5 Å². The minimum atomic E-state index is -1.60. The van der Waals surface area contributed by atoms with Crippen LogP contribution in [0.4, 0.5) is 0 Å². The molecule has 0 fully saturated rings. The van der Waals surface area contributed by atoms with Crippen LogP contribution in [0.5, 0.6) is 5.75 Å². The van der Waals surface area contributed by atoms with Crippen LogP contribution in [0.25, 0.3) is 0 Å². The molecule has 1 aliphatic rings. The number of aryl methyl sites for hydroxylation is 1. The molecule has 0 aliphatic carbocycles. The van der Waals surface area contributed by atoms with E-state index in [0.717, 1.165) is 16.7 Å². The summed E-state index contributed by atoms with van der Waals surface area (Å²) in [5.74, 6) is -0.542. The molecule has 2 aromatic rings. The predicted octanol–water partition coefficient (Wildman–Crippen LogP) is 5.51. The number of nitrogens with zero attached hydrogens (tertiary/aromatic N) is 1. The summed E-state index contributed by atoms with van der Waals surface area (Å²) in [7, 11) is 0. The first kappa shape index (κ1) is 26.3. The van der Waals surface area contributed by atoms with Gasteiger partial charge in [-0.05, 0) is 71.7 Å². The minimum absolute atomic E-state index is 0.0735. The summed E-state index contributed by atoms with van der Waals surface area (Å²) in [6, 6.07) is 15.6. The minimum Gasteiger partial charge on any atom is -0.489 e. The molecular formula is C28H35NO6. The Balaban J connectivity index is 1.82. The summed E-state index contributed by atoms with van der Waals surface area (Å²) in [4.78, 5) is 31.6. The topological polar surface area (TPSA) is 83.4 Å². The fourth-order valence-electron chi connectivity index (χ4n) is 3.62. The number of benzene rings is 2. The lowest BCUT2D eigenvalue weighted by Gasteiger charge is -2.29. The van der Waals surface area contributed by atoms with Crippen molar-refractivity contribution in [2.75, 3.05) is 0 Å². The number of esters is 2. The van der Waals surface area contributed by atoms with Crippen LogP contribution >= 0.6 is 0 Å². The predicted molar refractivity (Wildman–Crippen MR) is 133 cm³/mol. The van der Waals surface area contributed by atoms with E-state index in [4.69, 9.17) is 19.0 Å². The molecule has 0 saturated heterocycles. The zero-order chi connectivity index (χ0) is 25.9. The molecule has 35 heavy (non-hydrogen) atoms. The average Bonchev–Trinajstić information content (AvgIpc) is 3.16. The van der Waals surface area contributed by atoms with Gasteiger partial charge in [-0.2, -0.15) is 0 Å². The molecule has 0 spiro atoms. The highest BCUT2D eigenvalue weighted by molar-refractivity contribution is 6.06. The highest BCUT2D eigenvalue weighted by Gasteiger charge is 2.52. The van der Waals surface area contributed by atoms with Crippen LogP contribution in [-0.2, 0) is 30.5 Å². The van der Waals surface area contributed by atoms with Gasteiger partial charge in [-0.3, -0.25) is 4.79 Å². The largest absolute Gasteiger partial charge is 0.489 e. The van der Waals surface area contributed by atoms with Gasteiger partial charge in [0, 0.05) is 12.0 Å². The van der Waals surface area contributed by atoms with Gasteiger partial charge in [-0.1, -0.05) is 41.6 Å². The number of ether oxygens (including phenoxy) is 3. The van der Waals surface area contributed by atoms with Crippen molar-refractivity contribution in [2.24, 2.45) is 5.16 Å². The van der Waals surface area contributed by atoms with Crippen molar-refractivity contribution < 1.29 is 28.6 Å². The van der Waals surface area contributed by atoms with Crippen molar-refractivity contribution >= 4 is 17.7 Å². The van der Waals surface area contributed by atoms with Crippen molar-refractivity contribution in [1.29, 1.82) is 0 Å². The van der Waals surface area contributed by atoms with Gasteiger partial charge < -0.3 is 19.0 Å². The summed E-state index contributed by atoms with van der Waals surface area (Å²) < 4.78 is 17.0. The molecular weight excluding hydrogens is 446 g/mol. The second-order valence-electron chi connectivity index (χ2n) is 10.8. The Morgan fingerprint density at radius 3 is 2.26 bits per heavy atom. The van der Waals surface area contributed by atoms with Crippen molar-refractivity contribution in [3.63, 3.8) is 0 Å². The molecule has 3 rings (SSSR count). The Morgan fingerprint density at radius 1 is 0.971 bits per heavy atom. The number of rotatable bonds is 7. The maximum Gasteiger partial charge on any atom is 0.354 e. The lowest BCUT2D eigenvalue weighted by Crippen LogP contribution is -2.46. The van der Waals surface area contributed by atoms with E-state index in [1.54, 1.807) is 41.5 Å². The molecule has 7 heteroatoms. The zero-order valence-corrected chi connectivity index (χ0v) is 21.6. The molecule has 1 aliphatic heterocycles. The Bertz CT molecular complexity index is 1090. The molecule has 0 bridgehead atoms. The van der Waals surface area contributed by atoms with Gasteiger partial charge in [0.05, 0.1) is 12.1 Å². The van der Waals surface area contributed by atoms with E-state index < -0.39 is 28.7 Å². The van der Waals surface area contributed by atoms with E-state index in [1.807, 2.05) is 55.5 Å². The van der Waals surface area contributed by atoms with Crippen molar-refractivity contribution in [3.8, 4) is 5.75 Å². The molecule has 0 radical (unpaired) electrons. The van der Waals surface area contributed by atoms with Crippen molar-refractivity contribution in [2.45, 2.75) is 84.7 Å². The highest BCUT2D eigenvalue weighted by Crippen LogP contribution is 2.35. The Kier molecular flexibility index (Phi) is 7.58. The van der Waals surface area contributed by atoms with E-state index >= 15 is 0 Å². The maximum absolute atomic E-state index is 13.2. The van der Waals surface area contributed by atoms with Crippen LogP contribution in [0.2, 0.25) is 0 Å². The molecule has 0 saturated carbocycles. The Morgan fingerprint density at radius 2 is 1.63 bits per heavy atom. The fourth-order valence-corrected chi connectivity index (χ4v) is 3.62. The molecule has 188 valence electrons. The van der Waals surface area contributed by atoms with E-state index in [1.165, 1.54) is 0 Å². The lowest BCUT2D eigenvalue weighted by molar-refractivity contribution is -0.188. The van der Waals surface area contributed by atoms with Gasteiger partial charge in [0.2, 0.25) is 5.60 Å². The normalized spacial score (nSPS) is 17.9. The standard InChI is InChI=1S/C28H35NO6/c1-19-13-14-21(32-18-20-11-9-8-10-12-20)15-22(19)23-16-28(35-29-23,25(31)34-27(5,6)7)17-24(30)33-26(2,3)4/h8-15H,16-18H2,1-7H3. The molecule has 0 N–H and O–H groups in total. The summed E-state index contributed by atoms with van der Waals surface area (Å²) in [5, 5.41) is 4.23. The SMILES string of the molecule is Cc1ccc(OCc2ccccc2)cc1C1=NOC(CC(=O)OC(C)(C)C)(C(=O)OC(C)(C)C)C1. The Hall–Kier alpha value is -3.35. The average molecular weight is 482 g/mol. The number of carbonyl (C=O) groups excluding carboxylic acids is 2. The smallest absolute Gasteiger partial charge is 0.354 e. The number of carbonyl (C=O) groups is 2. The summed E-state index contributed by atoms with van der Waals surface area (Å²) in [5.41, 5.74) is 0.264. The quantitative estimate of drug-likeness (QED) is 0.485. The van der Waals surface area contributed by atoms with E-state index in [-0.39, 0.29) is 12.8 Å². The first-order valence-electron chi connectivity index (χ1n) is 11.7. The molecule has 2 aromatic carbocycles.